The Morgan fingerprint density at radius 3 is 2.26 bits per heavy atom. The van der Waals surface area contributed by atoms with Crippen molar-refractivity contribution in [3.63, 3.8) is 0 Å². The average molecular weight is 826 g/mol. The molecule has 2 N–H and O–H groups in total. The smallest absolute Gasteiger partial charge is 0.327 e. The van der Waals surface area contributed by atoms with Crippen LogP contribution < -0.4 is 5.32 Å². The highest BCUT2D eigenvalue weighted by atomic mass is 16.8. The Morgan fingerprint density at radius 1 is 0.869 bits per heavy atom. The first-order valence-electron chi connectivity index (χ1n) is 21.5. The summed E-state index contributed by atoms with van der Waals surface area (Å²) in [6.07, 6.45) is 5.25. The number of fused-ring (bicyclic) bond motifs is 5. The number of hydrogen-bond acceptors (Lipinski definition) is 10. The summed E-state index contributed by atoms with van der Waals surface area (Å²) in [5, 5.41) is 14.0. The van der Waals surface area contributed by atoms with Gasteiger partial charge in [0.15, 0.2) is 6.04 Å². The Hall–Kier alpha value is -5.21. The van der Waals surface area contributed by atoms with E-state index in [2.05, 4.69) is 29.6 Å². The molecule has 2 saturated carbocycles. The van der Waals surface area contributed by atoms with Gasteiger partial charge in [-0.15, -0.1) is 0 Å². The lowest BCUT2D eigenvalue weighted by Crippen LogP contribution is -2.70. The van der Waals surface area contributed by atoms with Crippen LogP contribution in [-0.4, -0.2) is 102 Å². The number of ether oxygens (including phenoxy) is 4. The van der Waals surface area contributed by atoms with Gasteiger partial charge in [0, 0.05) is 37.6 Å². The first kappa shape index (κ1) is 39.9. The van der Waals surface area contributed by atoms with Crippen LogP contribution in [0.4, 0.5) is 0 Å². The second kappa shape index (κ2) is 16.2. The normalized spacial score (nSPS) is 31.1. The van der Waals surface area contributed by atoms with Gasteiger partial charge in [0.05, 0.1) is 25.4 Å². The third-order valence-corrected chi connectivity index (χ3v) is 13.5. The number of hydrogen-bond donors (Lipinski definition) is 2. The van der Waals surface area contributed by atoms with Gasteiger partial charge in [0.25, 0.3) is 0 Å². The second-order valence-electron chi connectivity index (χ2n) is 17.3. The summed E-state index contributed by atoms with van der Waals surface area (Å²) < 4.78 is 26.3. The number of epoxide rings is 1. The summed E-state index contributed by atoms with van der Waals surface area (Å²) in [4.78, 5) is 52.7. The number of benzene rings is 4. The van der Waals surface area contributed by atoms with E-state index < -0.39 is 65.5 Å². The molecule has 12 heteroatoms. The zero-order valence-electron chi connectivity index (χ0n) is 34.1. The van der Waals surface area contributed by atoms with E-state index >= 15 is 4.79 Å². The minimum atomic E-state index is -1.53. The Balaban J connectivity index is 1.03. The maximum absolute atomic E-state index is 15.7. The average Bonchev–Trinajstić information content (AvgIpc) is 3.82. The number of nitrogens with one attached hydrogen (secondary N) is 1. The fraction of sp³-hybridized carbons (Fsp3) is 0.408. The zero-order valence-corrected chi connectivity index (χ0v) is 34.1. The van der Waals surface area contributed by atoms with Gasteiger partial charge in [0.2, 0.25) is 17.6 Å². The molecule has 0 spiro atoms. The van der Waals surface area contributed by atoms with Crippen molar-refractivity contribution in [3.05, 3.63) is 149 Å². The highest BCUT2D eigenvalue weighted by Gasteiger charge is 2.77. The van der Waals surface area contributed by atoms with Crippen LogP contribution in [0, 0.1) is 11.3 Å². The van der Waals surface area contributed by atoms with Gasteiger partial charge in [-0.1, -0.05) is 127 Å². The van der Waals surface area contributed by atoms with E-state index in [1.165, 1.54) is 4.90 Å². The molecule has 6 aliphatic rings. The van der Waals surface area contributed by atoms with E-state index in [1.807, 2.05) is 103 Å². The Bertz CT molecular complexity index is 2240. The van der Waals surface area contributed by atoms with E-state index in [0.717, 1.165) is 47.1 Å². The summed E-state index contributed by atoms with van der Waals surface area (Å²) in [5.74, 6) is -2.40. The monoisotopic (exact) mass is 825 g/mol. The lowest BCUT2D eigenvalue weighted by Gasteiger charge is -2.50. The Morgan fingerprint density at radius 2 is 1.56 bits per heavy atom. The van der Waals surface area contributed by atoms with Crippen molar-refractivity contribution in [2.24, 2.45) is 11.3 Å². The maximum atomic E-state index is 15.7. The molecule has 0 aromatic heterocycles. The van der Waals surface area contributed by atoms with Crippen LogP contribution in [0.15, 0.2) is 121 Å². The van der Waals surface area contributed by atoms with E-state index in [-0.39, 0.29) is 32.5 Å². The minimum Gasteiger partial charge on any atom is -0.458 e. The van der Waals surface area contributed by atoms with Crippen molar-refractivity contribution in [2.45, 2.75) is 93.1 Å². The van der Waals surface area contributed by atoms with Crippen molar-refractivity contribution >= 4 is 23.9 Å². The van der Waals surface area contributed by atoms with Crippen molar-refractivity contribution in [2.75, 3.05) is 20.2 Å². The largest absolute Gasteiger partial charge is 0.458 e. The molecule has 12 nitrogen and oxygen atoms in total. The number of nitrogens with zero attached hydrogens (tertiary/aromatic N) is 2. The molecule has 2 bridgehead atoms. The Labute approximate surface area is 355 Å². The number of esters is 1. The standard InChI is InChI=1S/C49H51N3O9/c1-51(37(45(54)50-24-25-53)27-31-12-5-2-6-13-31)47(56)48-29-40-41-42(60-49(59-41,35-16-7-3-8-17-35)36-18-9-4-10-19-36)44(48)61-52(43(48)46(55)58-40)30-34-15-11-14-32(26-34)20-21-33-22-23-38-39(28-33)57-38/h2-21,26,33,37-44,53H,22-25,27-30H2,1H3,(H,50,54)/t33?,37-,38?,39?,40-,41+,42+,43+,44-,48+/m1/s1. The molecule has 10 rings (SSSR count). The lowest BCUT2D eigenvalue weighted by molar-refractivity contribution is -0.214. The van der Waals surface area contributed by atoms with E-state index in [4.69, 9.17) is 23.8 Å². The molecule has 316 valence electrons. The van der Waals surface area contributed by atoms with Crippen molar-refractivity contribution in [3.8, 4) is 0 Å². The summed E-state index contributed by atoms with van der Waals surface area (Å²) in [5.41, 5.74) is 2.70. The minimum absolute atomic E-state index is 0.0220. The number of aliphatic hydroxyl groups is 1. The Kier molecular flexibility index (Phi) is 10.6. The molecule has 2 amide bonds. The van der Waals surface area contributed by atoms with Gasteiger partial charge in [0.1, 0.15) is 35.9 Å². The predicted octanol–water partition coefficient (Wildman–Crippen LogP) is 4.93. The summed E-state index contributed by atoms with van der Waals surface area (Å²) in [6, 6.07) is 34.7. The fourth-order valence-electron chi connectivity index (χ4n) is 10.5. The lowest BCUT2D eigenvalue weighted by atomic mass is 9.62. The number of carbonyl (C=O) groups excluding carboxylic acids is 3. The number of rotatable bonds is 13. The zero-order chi connectivity index (χ0) is 41.7. The van der Waals surface area contributed by atoms with Crippen LogP contribution in [0.25, 0.3) is 6.08 Å². The number of hydroxylamine groups is 2. The van der Waals surface area contributed by atoms with Gasteiger partial charge in [-0.2, -0.15) is 5.06 Å². The van der Waals surface area contributed by atoms with E-state index in [1.54, 1.807) is 12.1 Å². The maximum Gasteiger partial charge on any atom is 0.327 e. The summed E-state index contributed by atoms with van der Waals surface area (Å²) in [7, 11) is 1.61. The van der Waals surface area contributed by atoms with Gasteiger partial charge >= 0.3 is 5.97 Å². The van der Waals surface area contributed by atoms with Gasteiger partial charge < -0.3 is 34.3 Å². The topological polar surface area (TPSA) is 139 Å². The molecule has 10 atom stereocenters. The molecular formula is C49H51N3O9. The van der Waals surface area contributed by atoms with Crippen LogP contribution in [-0.2, 0) is 56.9 Å². The van der Waals surface area contributed by atoms with Crippen molar-refractivity contribution < 1.29 is 43.3 Å². The molecular weight excluding hydrogens is 775 g/mol. The van der Waals surface area contributed by atoms with E-state index in [0.29, 0.717) is 18.1 Å². The predicted molar refractivity (Wildman–Crippen MR) is 223 cm³/mol. The van der Waals surface area contributed by atoms with Gasteiger partial charge in [-0.3, -0.25) is 19.2 Å². The van der Waals surface area contributed by atoms with E-state index in [9.17, 15) is 14.7 Å². The number of amides is 2. The van der Waals surface area contributed by atoms with Crippen LogP contribution in [0.1, 0.15) is 53.5 Å². The number of likely N-dealkylation sites (N-methyl/N-ethyl adjacent to an activating group) is 1. The number of carbonyl (C=O) groups is 3. The van der Waals surface area contributed by atoms with Gasteiger partial charge in [-0.05, 0) is 41.9 Å². The van der Waals surface area contributed by atoms with Crippen LogP contribution in [0.5, 0.6) is 0 Å². The second-order valence-corrected chi connectivity index (χ2v) is 17.3. The molecule has 4 aliphatic heterocycles. The third kappa shape index (κ3) is 7.18. The first-order valence-corrected chi connectivity index (χ1v) is 21.5. The van der Waals surface area contributed by atoms with Crippen molar-refractivity contribution in [1.82, 2.24) is 15.3 Å². The highest BCUT2D eigenvalue weighted by molar-refractivity contribution is 5.96. The molecule has 4 heterocycles. The molecule has 4 aromatic carbocycles. The SMILES string of the molecule is CN(C(=O)[C@@]12C[C@H]3OC(=O)[C@@H]1N(Cc1cccc(C=CC4CCC5OC5C4)c1)O[C@@H]2[C@H]1OC(c2ccccc2)(c2ccccc2)O[C@H]13)[C@H](Cc1ccccc1)C(=O)NCCO. The molecule has 61 heavy (non-hydrogen) atoms. The molecule has 3 unspecified atom stereocenters. The van der Waals surface area contributed by atoms with Crippen LogP contribution in [0.3, 0.4) is 0 Å². The summed E-state index contributed by atoms with van der Waals surface area (Å²) in [6.45, 7) is -0.0635. The quantitative estimate of drug-likeness (QED) is 0.141. The van der Waals surface area contributed by atoms with Gasteiger partial charge in [-0.25, -0.2) is 0 Å². The van der Waals surface area contributed by atoms with Crippen LogP contribution in [0.2, 0.25) is 0 Å². The number of aliphatic hydroxyl groups excluding tert-OH is 1. The number of allylic oxidation sites excluding steroid dienone is 1. The molecule has 6 fully saturated rings. The van der Waals surface area contributed by atoms with Crippen LogP contribution >= 0.6 is 0 Å². The molecule has 2 aliphatic carbocycles. The molecule has 0 radical (unpaired) electrons. The van der Waals surface area contributed by atoms with Crippen molar-refractivity contribution in [1.29, 1.82) is 0 Å². The summed E-state index contributed by atoms with van der Waals surface area (Å²) >= 11 is 0. The highest BCUT2D eigenvalue weighted by Crippen LogP contribution is 2.60. The molecule has 4 saturated heterocycles. The fourth-order valence-corrected chi connectivity index (χ4v) is 10.5. The molecule has 4 aromatic rings. The first-order chi connectivity index (χ1) is 29.8. The third-order valence-electron chi connectivity index (χ3n) is 13.5.